The van der Waals surface area contributed by atoms with Gasteiger partial charge >= 0.3 is 6.03 Å². The Kier molecular flexibility index (Phi) is 4.41. The summed E-state index contributed by atoms with van der Waals surface area (Å²) in [7, 11) is 3.62. The van der Waals surface area contributed by atoms with Crippen molar-refractivity contribution in [1.82, 2.24) is 15.1 Å². The number of benzene rings is 1. The zero-order chi connectivity index (χ0) is 18.3. The summed E-state index contributed by atoms with van der Waals surface area (Å²) in [5.41, 5.74) is 2.90. The second-order valence-electron chi connectivity index (χ2n) is 8.48. The van der Waals surface area contributed by atoms with Gasteiger partial charge in [-0.05, 0) is 54.6 Å². The SMILES string of the molecule is CN(C)C(=O)N1CCC2(CC1)C[C@H](CC(=O)NC1CC1)c1ccccc12. The van der Waals surface area contributed by atoms with Crippen molar-refractivity contribution in [2.75, 3.05) is 27.2 Å². The normalized spacial score (nSPS) is 23.6. The van der Waals surface area contributed by atoms with Gasteiger partial charge in [-0.25, -0.2) is 4.79 Å². The van der Waals surface area contributed by atoms with Gasteiger partial charge in [-0.2, -0.15) is 0 Å². The average Bonchev–Trinajstić information content (AvgIpc) is 3.40. The maximum Gasteiger partial charge on any atom is 0.319 e. The number of nitrogens with zero attached hydrogens (tertiary/aromatic N) is 2. The number of hydrogen-bond donors (Lipinski definition) is 1. The van der Waals surface area contributed by atoms with Gasteiger partial charge in [0.15, 0.2) is 0 Å². The van der Waals surface area contributed by atoms with Crippen LogP contribution in [0.1, 0.15) is 55.6 Å². The molecule has 1 atom stereocenters. The van der Waals surface area contributed by atoms with Crippen molar-refractivity contribution < 1.29 is 9.59 Å². The van der Waals surface area contributed by atoms with Crippen LogP contribution in [0.3, 0.4) is 0 Å². The molecule has 1 aromatic rings. The maximum atomic E-state index is 12.4. The van der Waals surface area contributed by atoms with E-state index in [4.69, 9.17) is 0 Å². The van der Waals surface area contributed by atoms with Crippen LogP contribution in [0.4, 0.5) is 4.79 Å². The molecule has 0 radical (unpaired) electrons. The summed E-state index contributed by atoms with van der Waals surface area (Å²) >= 11 is 0. The number of piperidine rings is 1. The van der Waals surface area contributed by atoms with Crippen molar-refractivity contribution in [2.45, 2.75) is 55.9 Å². The fourth-order valence-electron chi connectivity index (χ4n) is 4.83. The topological polar surface area (TPSA) is 52.7 Å². The van der Waals surface area contributed by atoms with E-state index in [9.17, 15) is 9.59 Å². The van der Waals surface area contributed by atoms with Crippen molar-refractivity contribution in [2.24, 2.45) is 0 Å². The number of nitrogens with one attached hydrogen (secondary N) is 1. The van der Waals surface area contributed by atoms with Crippen molar-refractivity contribution >= 4 is 11.9 Å². The monoisotopic (exact) mass is 355 g/mol. The smallest absolute Gasteiger partial charge is 0.319 e. The van der Waals surface area contributed by atoms with Gasteiger partial charge in [-0.3, -0.25) is 4.79 Å². The second-order valence-corrected chi connectivity index (χ2v) is 8.48. The van der Waals surface area contributed by atoms with E-state index in [1.54, 1.807) is 4.90 Å². The van der Waals surface area contributed by atoms with Crippen LogP contribution in [-0.2, 0) is 10.2 Å². The molecule has 5 nitrogen and oxygen atoms in total. The molecule has 1 spiro atoms. The maximum absolute atomic E-state index is 12.4. The summed E-state index contributed by atoms with van der Waals surface area (Å²) in [6, 6.07) is 9.19. The Bertz CT molecular complexity index is 703. The van der Waals surface area contributed by atoms with E-state index in [2.05, 4.69) is 29.6 Å². The Hall–Kier alpha value is -2.04. The Morgan fingerprint density at radius 3 is 2.54 bits per heavy atom. The molecule has 0 unspecified atom stereocenters. The fraction of sp³-hybridized carbons (Fsp3) is 0.619. The predicted octanol–water partition coefficient (Wildman–Crippen LogP) is 2.86. The minimum Gasteiger partial charge on any atom is -0.353 e. The third-order valence-corrected chi connectivity index (χ3v) is 6.36. The number of fused-ring (bicyclic) bond motifs is 2. The average molecular weight is 355 g/mol. The summed E-state index contributed by atoms with van der Waals surface area (Å²) in [5, 5.41) is 3.14. The third kappa shape index (κ3) is 3.19. The molecule has 3 amide bonds. The number of likely N-dealkylation sites (tertiary alicyclic amines) is 1. The zero-order valence-electron chi connectivity index (χ0n) is 15.8. The highest BCUT2D eigenvalue weighted by molar-refractivity contribution is 5.78. The lowest BCUT2D eigenvalue weighted by atomic mass is 9.73. The van der Waals surface area contributed by atoms with E-state index in [0.29, 0.717) is 18.4 Å². The van der Waals surface area contributed by atoms with Gasteiger partial charge in [0.1, 0.15) is 0 Å². The quantitative estimate of drug-likeness (QED) is 0.906. The first-order valence-corrected chi connectivity index (χ1v) is 9.83. The molecule has 4 rings (SSSR count). The summed E-state index contributed by atoms with van der Waals surface area (Å²) in [5.74, 6) is 0.505. The largest absolute Gasteiger partial charge is 0.353 e. The lowest BCUT2D eigenvalue weighted by molar-refractivity contribution is -0.121. The van der Waals surface area contributed by atoms with E-state index in [1.165, 1.54) is 11.1 Å². The molecule has 140 valence electrons. The van der Waals surface area contributed by atoms with Crippen LogP contribution >= 0.6 is 0 Å². The highest BCUT2D eigenvalue weighted by Crippen LogP contribution is 2.52. The van der Waals surface area contributed by atoms with Crippen LogP contribution in [-0.4, -0.2) is 55.0 Å². The molecule has 1 aliphatic heterocycles. The van der Waals surface area contributed by atoms with E-state index in [1.807, 2.05) is 19.0 Å². The summed E-state index contributed by atoms with van der Waals surface area (Å²) in [4.78, 5) is 28.3. The summed E-state index contributed by atoms with van der Waals surface area (Å²) in [6.07, 6.45) is 5.87. The molecule has 26 heavy (non-hydrogen) atoms. The lowest BCUT2D eigenvalue weighted by Crippen LogP contribution is -2.47. The first-order chi connectivity index (χ1) is 12.5. The lowest BCUT2D eigenvalue weighted by Gasteiger charge is -2.41. The number of rotatable bonds is 3. The van der Waals surface area contributed by atoms with Crippen LogP contribution in [0.15, 0.2) is 24.3 Å². The molecule has 2 aliphatic carbocycles. The molecule has 5 heteroatoms. The Morgan fingerprint density at radius 2 is 1.88 bits per heavy atom. The molecule has 1 saturated carbocycles. The number of amides is 3. The van der Waals surface area contributed by atoms with Gasteiger partial charge in [0.2, 0.25) is 5.91 Å². The first-order valence-electron chi connectivity index (χ1n) is 9.83. The van der Waals surface area contributed by atoms with Crippen LogP contribution in [0.2, 0.25) is 0 Å². The second kappa shape index (κ2) is 6.60. The van der Waals surface area contributed by atoms with E-state index in [0.717, 1.165) is 45.2 Å². The highest BCUT2D eigenvalue weighted by Gasteiger charge is 2.46. The van der Waals surface area contributed by atoms with Crippen molar-refractivity contribution in [3.8, 4) is 0 Å². The zero-order valence-corrected chi connectivity index (χ0v) is 15.8. The summed E-state index contributed by atoms with van der Waals surface area (Å²) < 4.78 is 0. The van der Waals surface area contributed by atoms with Crippen LogP contribution < -0.4 is 5.32 Å². The molecule has 0 aromatic heterocycles. The molecule has 3 aliphatic rings. The van der Waals surface area contributed by atoms with Gasteiger partial charge in [-0.15, -0.1) is 0 Å². The number of carbonyl (C=O) groups is 2. The Labute approximate surface area is 155 Å². The number of carbonyl (C=O) groups excluding carboxylic acids is 2. The van der Waals surface area contributed by atoms with Crippen molar-refractivity contribution in [3.63, 3.8) is 0 Å². The van der Waals surface area contributed by atoms with E-state index >= 15 is 0 Å². The summed E-state index contributed by atoms with van der Waals surface area (Å²) in [6.45, 7) is 1.60. The van der Waals surface area contributed by atoms with Gasteiger partial charge in [-0.1, -0.05) is 24.3 Å². The standard InChI is InChI=1S/C21H29N3O2/c1-23(2)20(26)24-11-9-21(10-12-24)14-15(13-19(25)22-16-7-8-16)17-5-3-4-6-18(17)21/h3-6,15-16H,7-14H2,1-2H3,(H,22,25)/t15-/m0/s1. The molecule has 1 heterocycles. The van der Waals surface area contributed by atoms with Crippen LogP contribution in [0.25, 0.3) is 0 Å². The minimum absolute atomic E-state index is 0.103. The van der Waals surface area contributed by atoms with Crippen molar-refractivity contribution in [1.29, 1.82) is 0 Å². The van der Waals surface area contributed by atoms with Crippen molar-refractivity contribution in [3.05, 3.63) is 35.4 Å². The molecule has 1 saturated heterocycles. The first kappa shape index (κ1) is 17.4. The number of urea groups is 1. The molecular weight excluding hydrogens is 326 g/mol. The molecule has 0 bridgehead atoms. The van der Waals surface area contributed by atoms with E-state index in [-0.39, 0.29) is 17.4 Å². The molecule has 1 aromatic carbocycles. The molecule has 2 fully saturated rings. The van der Waals surface area contributed by atoms with Gasteiger partial charge in [0, 0.05) is 39.6 Å². The molecular formula is C21H29N3O2. The van der Waals surface area contributed by atoms with Gasteiger partial charge in [0.25, 0.3) is 0 Å². The minimum atomic E-state index is 0.103. The van der Waals surface area contributed by atoms with Crippen LogP contribution in [0, 0.1) is 0 Å². The Balaban J connectivity index is 1.49. The fourth-order valence-corrected chi connectivity index (χ4v) is 4.83. The Morgan fingerprint density at radius 1 is 1.19 bits per heavy atom. The van der Waals surface area contributed by atoms with E-state index < -0.39 is 0 Å². The predicted molar refractivity (Wildman–Crippen MR) is 101 cm³/mol. The number of hydrogen-bond acceptors (Lipinski definition) is 2. The highest BCUT2D eigenvalue weighted by atomic mass is 16.2. The third-order valence-electron chi connectivity index (χ3n) is 6.36. The van der Waals surface area contributed by atoms with Crippen LogP contribution in [0.5, 0.6) is 0 Å². The van der Waals surface area contributed by atoms with Gasteiger partial charge in [0.05, 0.1) is 0 Å². The molecule has 1 N–H and O–H groups in total. The van der Waals surface area contributed by atoms with Gasteiger partial charge < -0.3 is 15.1 Å².